The van der Waals surface area contributed by atoms with Gasteiger partial charge in [-0.1, -0.05) is 23.2 Å². The molecule has 0 aliphatic carbocycles. The van der Waals surface area contributed by atoms with Gasteiger partial charge in [0.25, 0.3) is 0 Å². The molecule has 0 atom stereocenters. The number of rotatable bonds is 8. The molecule has 0 aliphatic heterocycles. The maximum Gasteiger partial charge on any atom is 0.127 e. The molecule has 0 aromatic heterocycles. The van der Waals surface area contributed by atoms with Crippen LogP contribution in [0, 0.1) is 5.82 Å². The van der Waals surface area contributed by atoms with Crippen molar-refractivity contribution in [3.63, 3.8) is 0 Å². The van der Waals surface area contributed by atoms with Crippen LogP contribution in [0.15, 0.2) is 28.8 Å². The predicted molar refractivity (Wildman–Crippen MR) is 75.3 cm³/mol. The minimum absolute atomic E-state index is 0.116. The SMILES string of the molecule is COCCNCc1cc(F)cc(OC/C(Cl)=C/Cl)c1. The average molecular weight is 308 g/mol. The lowest BCUT2D eigenvalue weighted by atomic mass is 10.2. The van der Waals surface area contributed by atoms with Crippen LogP contribution in [0.5, 0.6) is 5.75 Å². The van der Waals surface area contributed by atoms with Gasteiger partial charge in [-0.05, 0) is 17.7 Å². The zero-order valence-electron chi connectivity index (χ0n) is 10.6. The second kappa shape index (κ2) is 9.15. The first-order valence-corrected chi connectivity index (χ1v) is 6.54. The molecule has 1 rings (SSSR count). The van der Waals surface area contributed by atoms with Crippen LogP contribution in [-0.4, -0.2) is 26.9 Å². The van der Waals surface area contributed by atoms with Crippen LogP contribution in [0.25, 0.3) is 0 Å². The minimum Gasteiger partial charge on any atom is -0.488 e. The molecule has 0 unspecified atom stereocenters. The van der Waals surface area contributed by atoms with Crippen LogP contribution in [0.1, 0.15) is 5.56 Å². The zero-order valence-corrected chi connectivity index (χ0v) is 12.1. The molecule has 19 heavy (non-hydrogen) atoms. The lowest BCUT2D eigenvalue weighted by molar-refractivity contribution is 0.199. The molecule has 1 aromatic rings. The summed E-state index contributed by atoms with van der Waals surface area (Å²) < 4.78 is 23.6. The molecule has 6 heteroatoms. The Kier molecular flexibility index (Phi) is 7.82. The van der Waals surface area contributed by atoms with E-state index < -0.39 is 0 Å². The average Bonchev–Trinajstić information content (AvgIpc) is 2.40. The molecule has 0 fully saturated rings. The van der Waals surface area contributed by atoms with E-state index in [2.05, 4.69) is 5.32 Å². The van der Waals surface area contributed by atoms with Crippen LogP contribution in [0.4, 0.5) is 4.39 Å². The number of benzene rings is 1. The van der Waals surface area contributed by atoms with Gasteiger partial charge in [-0.25, -0.2) is 4.39 Å². The van der Waals surface area contributed by atoms with E-state index in [1.165, 1.54) is 17.7 Å². The van der Waals surface area contributed by atoms with Crippen molar-refractivity contribution in [3.8, 4) is 5.75 Å². The highest BCUT2D eigenvalue weighted by Crippen LogP contribution is 2.18. The van der Waals surface area contributed by atoms with Crippen LogP contribution in [0.2, 0.25) is 0 Å². The van der Waals surface area contributed by atoms with E-state index in [1.54, 1.807) is 13.2 Å². The standard InChI is InChI=1S/C13H16Cl2FNO2/c1-18-3-2-17-8-10-4-12(16)6-13(5-10)19-9-11(15)7-14/h4-7,17H,2-3,8-9H2,1H3/b11-7-. The number of ether oxygens (including phenoxy) is 2. The second-order valence-electron chi connectivity index (χ2n) is 3.81. The molecule has 3 nitrogen and oxygen atoms in total. The first kappa shape index (κ1) is 16.2. The Bertz CT molecular complexity index is 427. The van der Waals surface area contributed by atoms with E-state index >= 15 is 0 Å². The van der Waals surface area contributed by atoms with Crippen molar-refractivity contribution < 1.29 is 13.9 Å². The van der Waals surface area contributed by atoms with E-state index in [-0.39, 0.29) is 12.4 Å². The van der Waals surface area contributed by atoms with Crippen LogP contribution < -0.4 is 10.1 Å². The smallest absolute Gasteiger partial charge is 0.127 e. The van der Waals surface area contributed by atoms with E-state index in [0.717, 1.165) is 5.56 Å². The Hall–Kier alpha value is -0.810. The third-order valence-electron chi connectivity index (χ3n) is 2.24. The molecule has 0 radical (unpaired) electrons. The van der Waals surface area contributed by atoms with Crippen LogP contribution in [0.3, 0.4) is 0 Å². The summed E-state index contributed by atoms with van der Waals surface area (Å²) in [5.41, 5.74) is 2.01. The fourth-order valence-corrected chi connectivity index (χ4v) is 1.51. The molecular formula is C13H16Cl2FNO2. The van der Waals surface area contributed by atoms with E-state index in [4.69, 9.17) is 32.7 Å². The van der Waals surface area contributed by atoms with Gasteiger partial charge in [0, 0.05) is 31.8 Å². The molecule has 106 valence electrons. The Morgan fingerprint density at radius 3 is 2.89 bits per heavy atom. The summed E-state index contributed by atoms with van der Waals surface area (Å²) in [7, 11) is 1.63. The van der Waals surface area contributed by atoms with Crippen molar-refractivity contribution in [2.24, 2.45) is 0 Å². The third kappa shape index (κ3) is 6.78. The maximum atomic E-state index is 13.4. The summed E-state index contributed by atoms with van der Waals surface area (Å²) in [4.78, 5) is 0. The van der Waals surface area contributed by atoms with Gasteiger partial charge in [-0.15, -0.1) is 0 Å². The summed E-state index contributed by atoms with van der Waals surface area (Å²) in [6, 6.07) is 4.50. The Balaban J connectivity index is 2.55. The van der Waals surface area contributed by atoms with Gasteiger partial charge in [0.2, 0.25) is 0 Å². The normalized spacial score (nSPS) is 11.7. The molecular weight excluding hydrogens is 292 g/mol. The van der Waals surface area contributed by atoms with Crippen molar-refractivity contribution in [1.82, 2.24) is 5.32 Å². The van der Waals surface area contributed by atoms with Gasteiger partial charge in [-0.2, -0.15) is 0 Å². The van der Waals surface area contributed by atoms with Gasteiger partial charge in [0.1, 0.15) is 18.2 Å². The van der Waals surface area contributed by atoms with E-state index in [9.17, 15) is 4.39 Å². The highest BCUT2D eigenvalue weighted by atomic mass is 35.5. The Morgan fingerprint density at radius 1 is 1.42 bits per heavy atom. The number of hydrogen-bond acceptors (Lipinski definition) is 3. The van der Waals surface area contributed by atoms with E-state index in [0.29, 0.717) is 30.5 Å². The molecule has 0 saturated heterocycles. The van der Waals surface area contributed by atoms with Gasteiger partial charge < -0.3 is 14.8 Å². The summed E-state index contributed by atoms with van der Waals surface area (Å²) in [5, 5.41) is 3.48. The first-order valence-electron chi connectivity index (χ1n) is 5.72. The summed E-state index contributed by atoms with van der Waals surface area (Å²) in [6.45, 7) is 1.96. The Labute approximate surface area is 122 Å². The van der Waals surface area contributed by atoms with Crippen LogP contribution in [-0.2, 0) is 11.3 Å². The first-order chi connectivity index (χ1) is 9.15. The Morgan fingerprint density at radius 2 is 2.21 bits per heavy atom. The molecule has 0 amide bonds. The van der Waals surface area contributed by atoms with Gasteiger partial charge in [0.05, 0.1) is 11.6 Å². The fourth-order valence-electron chi connectivity index (χ4n) is 1.40. The highest BCUT2D eigenvalue weighted by Gasteiger charge is 2.03. The van der Waals surface area contributed by atoms with Gasteiger partial charge >= 0.3 is 0 Å². The van der Waals surface area contributed by atoms with Crippen molar-refractivity contribution >= 4 is 23.2 Å². The summed E-state index contributed by atoms with van der Waals surface area (Å²) in [5.74, 6) is 0.0622. The summed E-state index contributed by atoms with van der Waals surface area (Å²) in [6.07, 6.45) is 0. The number of nitrogens with one attached hydrogen (secondary N) is 1. The second-order valence-corrected chi connectivity index (χ2v) is 4.51. The number of hydrogen-bond donors (Lipinski definition) is 1. The lowest BCUT2D eigenvalue weighted by Gasteiger charge is -2.09. The largest absolute Gasteiger partial charge is 0.488 e. The highest BCUT2D eigenvalue weighted by molar-refractivity contribution is 6.36. The maximum absolute atomic E-state index is 13.4. The van der Waals surface area contributed by atoms with Gasteiger partial charge in [-0.3, -0.25) is 0 Å². The monoisotopic (exact) mass is 307 g/mol. The third-order valence-corrected chi connectivity index (χ3v) is 2.83. The molecule has 1 N–H and O–H groups in total. The van der Waals surface area contributed by atoms with Gasteiger partial charge in [0.15, 0.2) is 0 Å². The van der Waals surface area contributed by atoms with Crippen LogP contribution >= 0.6 is 23.2 Å². The van der Waals surface area contributed by atoms with E-state index in [1.807, 2.05) is 0 Å². The number of halogens is 3. The van der Waals surface area contributed by atoms with Crippen molar-refractivity contribution in [2.45, 2.75) is 6.54 Å². The molecule has 1 aromatic carbocycles. The minimum atomic E-state index is -0.355. The molecule has 0 bridgehead atoms. The molecule has 0 spiro atoms. The topological polar surface area (TPSA) is 30.5 Å². The number of methoxy groups -OCH3 is 1. The van der Waals surface area contributed by atoms with Crippen molar-refractivity contribution in [3.05, 3.63) is 40.1 Å². The van der Waals surface area contributed by atoms with Crippen molar-refractivity contribution in [2.75, 3.05) is 26.9 Å². The molecule has 0 saturated carbocycles. The summed E-state index contributed by atoms with van der Waals surface area (Å²) >= 11 is 11.1. The zero-order chi connectivity index (χ0) is 14.1. The predicted octanol–water partition coefficient (Wildman–Crippen LogP) is 3.26. The lowest BCUT2D eigenvalue weighted by Crippen LogP contribution is -2.18. The molecule has 0 heterocycles. The van der Waals surface area contributed by atoms with Crippen molar-refractivity contribution in [1.29, 1.82) is 0 Å². The molecule has 0 aliphatic rings. The quantitative estimate of drug-likeness (QED) is 0.748. The fraction of sp³-hybridized carbons (Fsp3) is 0.385.